The zero-order valence-corrected chi connectivity index (χ0v) is 10.8. The lowest BCUT2D eigenvalue weighted by Gasteiger charge is -2.35. The molecule has 96 valence electrons. The molecule has 2 N–H and O–H groups in total. The SMILES string of the molecule is CC(C)(O)CCN(CCO)C1CCCCC1. The normalized spacial score (nSPS) is 19.3. The molecule has 1 aliphatic rings. The second-order valence-corrected chi connectivity index (χ2v) is 5.61. The van der Waals surface area contributed by atoms with E-state index in [1.165, 1.54) is 32.1 Å². The molecule has 0 unspecified atom stereocenters. The van der Waals surface area contributed by atoms with E-state index in [0.717, 1.165) is 19.5 Å². The van der Waals surface area contributed by atoms with E-state index in [1.54, 1.807) is 0 Å². The van der Waals surface area contributed by atoms with Gasteiger partial charge >= 0.3 is 0 Å². The third-order valence-electron chi connectivity index (χ3n) is 3.49. The van der Waals surface area contributed by atoms with E-state index in [9.17, 15) is 5.11 Å². The van der Waals surface area contributed by atoms with E-state index in [-0.39, 0.29) is 6.61 Å². The Morgan fingerprint density at radius 3 is 2.25 bits per heavy atom. The van der Waals surface area contributed by atoms with E-state index >= 15 is 0 Å². The highest BCUT2D eigenvalue weighted by atomic mass is 16.3. The number of hydrogen-bond acceptors (Lipinski definition) is 3. The van der Waals surface area contributed by atoms with E-state index in [4.69, 9.17) is 5.11 Å². The molecule has 0 aliphatic heterocycles. The predicted molar refractivity (Wildman–Crippen MR) is 66.4 cm³/mol. The van der Waals surface area contributed by atoms with Gasteiger partial charge in [0.1, 0.15) is 0 Å². The molecule has 0 bridgehead atoms. The van der Waals surface area contributed by atoms with E-state index in [2.05, 4.69) is 4.90 Å². The molecule has 3 heteroatoms. The molecule has 0 aromatic rings. The van der Waals surface area contributed by atoms with E-state index in [1.807, 2.05) is 13.8 Å². The van der Waals surface area contributed by atoms with Crippen LogP contribution in [0.25, 0.3) is 0 Å². The molecule has 0 heterocycles. The van der Waals surface area contributed by atoms with Crippen LogP contribution in [-0.2, 0) is 0 Å². The van der Waals surface area contributed by atoms with Gasteiger partial charge in [-0.2, -0.15) is 0 Å². The first-order chi connectivity index (χ1) is 7.53. The summed E-state index contributed by atoms with van der Waals surface area (Å²) in [5.41, 5.74) is -0.595. The average Bonchev–Trinajstić information content (AvgIpc) is 2.24. The van der Waals surface area contributed by atoms with E-state index in [0.29, 0.717) is 6.04 Å². The Morgan fingerprint density at radius 1 is 1.12 bits per heavy atom. The Hall–Kier alpha value is -0.120. The van der Waals surface area contributed by atoms with Crippen molar-refractivity contribution in [2.75, 3.05) is 19.7 Å². The van der Waals surface area contributed by atoms with Gasteiger partial charge in [-0.15, -0.1) is 0 Å². The third kappa shape index (κ3) is 5.28. The smallest absolute Gasteiger partial charge is 0.0603 e. The molecule has 0 aromatic carbocycles. The van der Waals surface area contributed by atoms with Gasteiger partial charge < -0.3 is 10.2 Å². The van der Waals surface area contributed by atoms with Gasteiger partial charge in [0, 0.05) is 19.1 Å². The average molecular weight is 229 g/mol. The highest BCUT2D eigenvalue weighted by Gasteiger charge is 2.22. The van der Waals surface area contributed by atoms with Crippen LogP contribution < -0.4 is 0 Å². The van der Waals surface area contributed by atoms with Gasteiger partial charge in [-0.05, 0) is 33.1 Å². The molecule has 1 rings (SSSR count). The summed E-state index contributed by atoms with van der Waals surface area (Å²) in [5, 5.41) is 18.8. The quantitative estimate of drug-likeness (QED) is 0.729. The molecule has 1 fully saturated rings. The van der Waals surface area contributed by atoms with Crippen molar-refractivity contribution in [2.24, 2.45) is 0 Å². The maximum absolute atomic E-state index is 9.74. The van der Waals surface area contributed by atoms with Crippen LogP contribution in [0.3, 0.4) is 0 Å². The summed E-state index contributed by atoms with van der Waals surface area (Å²) in [4.78, 5) is 2.36. The Kier molecular flexibility index (Phi) is 5.73. The van der Waals surface area contributed by atoms with Crippen LogP contribution in [0.15, 0.2) is 0 Å². The summed E-state index contributed by atoms with van der Waals surface area (Å²) in [6.07, 6.45) is 7.28. The van der Waals surface area contributed by atoms with Crippen LogP contribution in [0.5, 0.6) is 0 Å². The minimum Gasteiger partial charge on any atom is -0.395 e. The van der Waals surface area contributed by atoms with Gasteiger partial charge in [-0.25, -0.2) is 0 Å². The number of aliphatic hydroxyl groups is 2. The fourth-order valence-electron chi connectivity index (χ4n) is 2.47. The molecule has 0 atom stereocenters. The van der Waals surface area contributed by atoms with Crippen molar-refractivity contribution < 1.29 is 10.2 Å². The van der Waals surface area contributed by atoms with Crippen LogP contribution in [0, 0.1) is 0 Å². The number of hydrogen-bond donors (Lipinski definition) is 2. The molecule has 1 aliphatic carbocycles. The molecule has 3 nitrogen and oxygen atoms in total. The van der Waals surface area contributed by atoms with Crippen molar-refractivity contribution in [1.29, 1.82) is 0 Å². The summed E-state index contributed by atoms with van der Waals surface area (Å²) in [6.45, 7) is 5.58. The van der Waals surface area contributed by atoms with Gasteiger partial charge in [0.2, 0.25) is 0 Å². The second kappa shape index (κ2) is 6.58. The van der Waals surface area contributed by atoms with Crippen LogP contribution in [-0.4, -0.2) is 46.5 Å². The van der Waals surface area contributed by atoms with E-state index < -0.39 is 5.60 Å². The first-order valence-electron chi connectivity index (χ1n) is 6.60. The minimum absolute atomic E-state index is 0.225. The Bertz CT molecular complexity index is 183. The fraction of sp³-hybridized carbons (Fsp3) is 1.00. The van der Waals surface area contributed by atoms with Crippen LogP contribution in [0.1, 0.15) is 52.4 Å². The van der Waals surface area contributed by atoms with Crippen molar-refractivity contribution in [1.82, 2.24) is 4.90 Å². The summed E-state index contributed by atoms with van der Waals surface area (Å²) in [7, 11) is 0. The first-order valence-corrected chi connectivity index (χ1v) is 6.60. The second-order valence-electron chi connectivity index (χ2n) is 5.61. The monoisotopic (exact) mass is 229 g/mol. The van der Waals surface area contributed by atoms with Crippen molar-refractivity contribution in [3.05, 3.63) is 0 Å². The van der Waals surface area contributed by atoms with Gasteiger partial charge in [0.25, 0.3) is 0 Å². The lowest BCUT2D eigenvalue weighted by molar-refractivity contribution is 0.0417. The molecular formula is C13H27NO2. The van der Waals surface area contributed by atoms with Crippen LogP contribution >= 0.6 is 0 Å². The zero-order chi connectivity index (χ0) is 12.0. The molecule has 0 aromatic heterocycles. The lowest BCUT2D eigenvalue weighted by atomic mass is 9.93. The maximum atomic E-state index is 9.74. The fourth-order valence-corrected chi connectivity index (χ4v) is 2.47. The largest absolute Gasteiger partial charge is 0.395 e. The molecule has 16 heavy (non-hydrogen) atoms. The highest BCUT2D eigenvalue weighted by Crippen LogP contribution is 2.23. The van der Waals surface area contributed by atoms with Crippen molar-refractivity contribution >= 4 is 0 Å². The first kappa shape index (κ1) is 13.9. The summed E-state index contributed by atoms with van der Waals surface area (Å²) >= 11 is 0. The number of rotatable bonds is 6. The maximum Gasteiger partial charge on any atom is 0.0603 e. The molecule has 0 spiro atoms. The molecule has 0 radical (unpaired) electrons. The van der Waals surface area contributed by atoms with Crippen LogP contribution in [0.4, 0.5) is 0 Å². The summed E-state index contributed by atoms with van der Waals surface area (Å²) in [6, 6.07) is 0.628. The predicted octanol–water partition coefficient (Wildman–Crippen LogP) is 1.77. The van der Waals surface area contributed by atoms with Gasteiger partial charge in [0.05, 0.1) is 12.2 Å². The third-order valence-corrected chi connectivity index (χ3v) is 3.49. The lowest BCUT2D eigenvalue weighted by Crippen LogP contribution is -2.41. The minimum atomic E-state index is -0.595. The van der Waals surface area contributed by atoms with Gasteiger partial charge in [0.15, 0.2) is 0 Å². The highest BCUT2D eigenvalue weighted by molar-refractivity contribution is 4.78. The Labute approximate surface area is 99.5 Å². The number of aliphatic hydroxyl groups excluding tert-OH is 1. The molecular weight excluding hydrogens is 202 g/mol. The van der Waals surface area contributed by atoms with Crippen LogP contribution in [0.2, 0.25) is 0 Å². The Morgan fingerprint density at radius 2 is 1.75 bits per heavy atom. The molecule has 0 saturated heterocycles. The molecule has 1 saturated carbocycles. The summed E-state index contributed by atoms with van der Waals surface area (Å²) < 4.78 is 0. The van der Waals surface area contributed by atoms with Crippen molar-refractivity contribution in [3.63, 3.8) is 0 Å². The number of nitrogens with zero attached hydrogens (tertiary/aromatic N) is 1. The van der Waals surface area contributed by atoms with Crippen molar-refractivity contribution in [3.8, 4) is 0 Å². The standard InChI is InChI=1S/C13H27NO2/c1-13(2,16)8-9-14(10-11-15)12-6-4-3-5-7-12/h12,15-16H,3-11H2,1-2H3. The van der Waals surface area contributed by atoms with Gasteiger partial charge in [-0.1, -0.05) is 19.3 Å². The topological polar surface area (TPSA) is 43.7 Å². The molecule has 0 amide bonds. The van der Waals surface area contributed by atoms with Gasteiger partial charge in [-0.3, -0.25) is 4.90 Å². The zero-order valence-electron chi connectivity index (χ0n) is 10.8. The van der Waals surface area contributed by atoms with Crippen molar-refractivity contribution in [2.45, 2.75) is 64.0 Å². The summed E-state index contributed by atoms with van der Waals surface area (Å²) in [5.74, 6) is 0. The Balaban J connectivity index is 2.39.